The summed E-state index contributed by atoms with van der Waals surface area (Å²) in [5.41, 5.74) is 10.9. The van der Waals surface area contributed by atoms with Gasteiger partial charge >= 0.3 is 0 Å². The highest BCUT2D eigenvalue weighted by Crippen LogP contribution is 2.43. The molecule has 1 rings (SSSR count). The molecule has 0 fully saturated rings. The zero-order valence-electron chi connectivity index (χ0n) is 11.5. The van der Waals surface area contributed by atoms with Gasteiger partial charge in [0.1, 0.15) is 4.75 Å². The second kappa shape index (κ2) is 5.65. The smallest absolute Gasteiger partial charge is 0.234 e. The maximum Gasteiger partial charge on any atom is 0.234 e. The van der Waals surface area contributed by atoms with Crippen LogP contribution in [0, 0.1) is 5.41 Å². The van der Waals surface area contributed by atoms with E-state index in [1.54, 1.807) is 20.8 Å². The van der Waals surface area contributed by atoms with E-state index >= 15 is 0 Å². The van der Waals surface area contributed by atoms with Crippen molar-refractivity contribution in [3.8, 4) is 0 Å². The topological polar surface area (TPSA) is 86.2 Å². The fourth-order valence-electron chi connectivity index (χ4n) is 1.60. The lowest BCUT2D eigenvalue weighted by molar-refractivity contribution is -0.133. The highest BCUT2D eigenvalue weighted by molar-refractivity contribution is 8.00. The Morgan fingerprint density at radius 2 is 1.58 bits per heavy atom. The van der Waals surface area contributed by atoms with Gasteiger partial charge in [-0.1, -0.05) is 30.3 Å². The van der Waals surface area contributed by atoms with E-state index in [9.17, 15) is 9.59 Å². The second-order valence-electron chi connectivity index (χ2n) is 5.16. The Balaban J connectivity index is 2.96. The Morgan fingerprint density at radius 1 is 1.05 bits per heavy atom. The number of hydrogen-bond acceptors (Lipinski definition) is 3. The standard InChI is InChI=1S/C14H20N2O2S/c1-13(2,11(15)17)14(3,12(16)18)19-9-10-7-5-4-6-8-10/h4-8H,9H2,1-3H3,(H2,15,17)(H2,16,18). The maximum atomic E-state index is 11.8. The fraction of sp³-hybridized carbons (Fsp3) is 0.429. The molecule has 4 nitrogen and oxygen atoms in total. The summed E-state index contributed by atoms with van der Waals surface area (Å²) in [5, 5.41) is 0. The minimum absolute atomic E-state index is 0.530. The third-order valence-electron chi connectivity index (χ3n) is 3.65. The quantitative estimate of drug-likeness (QED) is 0.831. The molecule has 4 N–H and O–H groups in total. The van der Waals surface area contributed by atoms with Gasteiger partial charge < -0.3 is 11.5 Å². The van der Waals surface area contributed by atoms with Crippen LogP contribution in [0.1, 0.15) is 26.3 Å². The van der Waals surface area contributed by atoms with Crippen LogP contribution in [0.5, 0.6) is 0 Å². The number of thioether (sulfide) groups is 1. The summed E-state index contributed by atoms with van der Waals surface area (Å²) in [6.07, 6.45) is 0. The molecule has 0 aliphatic heterocycles. The molecular formula is C14H20N2O2S. The van der Waals surface area contributed by atoms with Crippen LogP contribution in [0.15, 0.2) is 30.3 Å². The highest BCUT2D eigenvalue weighted by atomic mass is 32.2. The van der Waals surface area contributed by atoms with Crippen LogP contribution in [-0.4, -0.2) is 16.6 Å². The summed E-state index contributed by atoms with van der Waals surface area (Å²) >= 11 is 1.34. The normalized spacial score (nSPS) is 14.7. The van der Waals surface area contributed by atoms with E-state index in [1.807, 2.05) is 30.3 Å². The molecule has 0 bridgehead atoms. The van der Waals surface area contributed by atoms with E-state index in [0.717, 1.165) is 5.56 Å². The first-order chi connectivity index (χ1) is 8.72. The third kappa shape index (κ3) is 3.10. The van der Waals surface area contributed by atoms with Gasteiger partial charge in [0.2, 0.25) is 11.8 Å². The van der Waals surface area contributed by atoms with Gasteiger partial charge in [-0.15, -0.1) is 11.8 Å². The Kier molecular flexibility index (Phi) is 4.63. The van der Waals surface area contributed by atoms with Crippen LogP contribution in [-0.2, 0) is 15.3 Å². The minimum Gasteiger partial charge on any atom is -0.369 e. The molecular weight excluding hydrogens is 260 g/mol. The molecule has 1 unspecified atom stereocenters. The molecule has 19 heavy (non-hydrogen) atoms. The van der Waals surface area contributed by atoms with Crippen LogP contribution in [0.25, 0.3) is 0 Å². The third-order valence-corrected chi connectivity index (χ3v) is 5.42. The van der Waals surface area contributed by atoms with Gasteiger partial charge in [-0.3, -0.25) is 9.59 Å². The summed E-state index contributed by atoms with van der Waals surface area (Å²) in [7, 11) is 0. The first-order valence-electron chi connectivity index (χ1n) is 5.99. The zero-order chi connectivity index (χ0) is 14.7. The van der Waals surface area contributed by atoms with Gasteiger partial charge in [0, 0.05) is 5.75 Å². The fourth-order valence-corrected chi connectivity index (χ4v) is 2.85. The van der Waals surface area contributed by atoms with Crippen molar-refractivity contribution in [1.29, 1.82) is 0 Å². The number of hydrogen-bond donors (Lipinski definition) is 2. The Labute approximate surface area is 117 Å². The van der Waals surface area contributed by atoms with Crippen molar-refractivity contribution in [1.82, 2.24) is 0 Å². The highest BCUT2D eigenvalue weighted by Gasteiger charge is 2.50. The van der Waals surface area contributed by atoms with E-state index < -0.39 is 22.0 Å². The SMILES string of the molecule is CC(C)(C(N)=O)C(C)(SCc1ccccc1)C(N)=O. The van der Waals surface area contributed by atoms with Crippen LogP contribution in [0.2, 0.25) is 0 Å². The molecule has 0 aliphatic carbocycles. The summed E-state index contributed by atoms with van der Waals surface area (Å²) in [6.45, 7) is 4.98. The predicted octanol–water partition coefficient (Wildman–Crippen LogP) is 1.68. The molecule has 104 valence electrons. The lowest BCUT2D eigenvalue weighted by Crippen LogP contribution is -2.55. The molecule has 1 aromatic rings. The largest absolute Gasteiger partial charge is 0.369 e. The lowest BCUT2D eigenvalue weighted by Gasteiger charge is -2.38. The molecule has 0 aromatic heterocycles. The van der Waals surface area contributed by atoms with Crippen molar-refractivity contribution in [2.24, 2.45) is 16.9 Å². The van der Waals surface area contributed by atoms with Gasteiger partial charge in [-0.05, 0) is 26.3 Å². The molecule has 0 radical (unpaired) electrons. The number of primary amides is 2. The average molecular weight is 280 g/mol. The summed E-state index contributed by atoms with van der Waals surface area (Å²) in [6, 6.07) is 9.71. The molecule has 1 aromatic carbocycles. The number of carbonyl (C=O) groups excluding carboxylic acids is 2. The Morgan fingerprint density at radius 3 is 2.00 bits per heavy atom. The van der Waals surface area contributed by atoms with E-state index in [4.69, 9.17) is 11.5 Å². The van der Waals surface area contributed by atoms with E-state index in [0.29, 0.717) is 5.75 Å². The van der Waals surface area contributed by atoms with Crippen molar-refractivity contribution in [3.05, 3.63) is 35.9 Å². The number of amides is 2. The van der Waals surface area contributed by atoms with Crippen molar-refractivity contribution >= 4 is 23.6 Å². The van der Waals surface area contributed by atoms with E-state index in [2.05, 4.69) is 0 Å². The lowest BCUT2D eigenvalue weighted by atomic mass is 9.78. The predicted molar refractivity (Wildman–Crippen MR) is 78.3 cm³/mol. The number of nitrogens with two attached hydrogens (primary N) is 2. The van der Waals surface area contributed by atoms with Crippen molar-refractivity contribution < 1.29 is 9.59 Å². The van der Waals surface area contributed by atoms with Crippen LogP contribution in [0.3, 0.4) is 0 Å². The second-order valence-corrected chi connectivity index (χ2v) is 6.55. The monoisotopic (exact) mass is 280 g/mol. The van der Waals surface area contributed by atoms with E-state index in [-0.39, 0.29) is 0 Å². The van der Waals surface area contributed by atoms with Crippen LogP contribution in [0.4, 0.5) is 0 Å². The molecule has 0 aliphatic rings. The Bertz CT molecular complexity index is 474. The molecule has 5 heteroatoms. The summed E-state index contributed by atoms with van der Waals surface area (Å²) in [5.74, 6) is -0.469. The van der Waals surface area contributed by atoms with Gasteiger partial charge in [-0.2, -0.15) is 0 Å². The Hall–Kier alpha value is -1.49. The maximum absolute atomic E-state index is 11.8. The number of rotatable bonds is 6. The van der Waals surface area contributed by atoms with Gasteiger partial charge in [0.15, 0.2) is 0 Å². The van der Waals surface area contributed by atoms with Crippen molar-refractivity contribution in [2.75, 3.05) is 0 Å². The molecule has 0 saturated carbocycles. The van der Waals surface area contributed by atoms with Crippen LogP contribution < -0.4 is 11.5 Å². The summed E-state index contributed by atoms with van der Waals surface area (Å²) < 4.78 is -1.05. The number of benzene rings is 1. The number of carbonyl (C=O) groups is 2. The van der Waals surface area contributed by atoms with Gasteiger partial charge in [-0.25, -0.2) is 0 Å². The first-order valence-corrected chi connectivity index (χ1v) is 6.98. The first kappa shape index (κ1) is 15.6. The van der Waals surface area contributed by atoms with Crippen molar-refractivity contribution in [2.45, 2.75) is 31.3 Å². The van der Waals surface area contributed by atoms with Gasteiger partial charge in [0.25, 0.3) is 0 Å². The van der Waals surface area contributed by atoms with Gasteiger partial charge in [0.05, 0.1) is 5.41 Å². The average Bonchev–Trinajstić information content (AvgIpc) is 2.36. The molecule has 2 amide bonds. The summed E-state index contributed by atoms with van der Waals surface area (Å²) in [4.78, 5) is 23.4. The molecule has 1 atom stereocenters. The molecule has 0 saturated heterocycles. The van der Waals surface area contributed by atoms with Crippen LogP contribution >= 0.6 is 11.8 Å². The van der Waals surface area contributed by atoms with Crippen molar-refractivity contribution in [3.63, 3.8) is 0 Å². The van der Waals surface area contributed by atoms with E-state index in [1.165, 1.54) is 11.8 Å². The minimum atomic E-state index is -1.05. The molecule has 0 spiro atoms. The molecule has 0 heterocycles. The zero-order valence-corrected chi connectivity index (χ0v) is 12.3.